The Kier molecular flexibility index (Phi) is 5.73. The largest absolute Gasteiger partial charge is 0.480 e. The van der Waals surface area contributed by atoms with Gasteiger partial charge in [0.05, 0.1) is 0 Å². The first-order valence-electron chi connectivity index (χ1n) is 9.79. The number of anilines is 2. The highest BCUT2D eigenvalue weighted by Gasteiger charge is 2.37. The molecule has 0 aliphatic carbocycles. The summed E-state index contributed by atoms with van der Waals surface area (Å²) in [6, 6.07) is 15.9. The molecule has 1 unspecified atom stereocenters. The number of hydrogen-bond donors (Lipinski definition) is 1. The number of carbonyl (C=O) groups is 1. The minimum absolute atomic E-state index is 0.795. The number of rotatable bonds is 5. The highest BCUT2D eigenvalue weighted by molar-refractivity contribution is 5.86. The topological polar surface area (TPSA) is 43.8 Å². The number of carboxylic acid groups (broad SMARTS) is 1. The third-order valence-electron chi connectivity index (χ3n) is 5.80. The Morgan fingerprint density at radius 1 is 0.889 bits per heavy atom. The van der Waals surface area contributed by atoms with Gasteiger partial charge in [-0.2, -0.15) is 0 Å². The van der Waals surface area contributed by atoms with E-state index in [0.717, 1.165) is 29.9 Å². The molecule has 1 saturated heterocycles. The van der Waals surface area contributed by atoms with Crippen molar-refractivity contribution in [3.8, 4) is 0 Å². The minimum atomic E-state index is -1.07. The van der Waals surface area contributed by atoms with Crippen LogP contribution >= 0.6 is 0 Å². The van der Waals surface area contributed by atoms with Crippen molar-refractivity contribution in [1.29, 1.82) is 0 Å². The molecule has 0 bridgehead atoms. The van der Waals surface area contributed by atoms with Crippen LogP contribution in [0.1, 0.15) is 43.7 Å². The Morgan fingerprint density at radius 2 is 1.37 bits per heavy atom. The first-order valence-corrected chi connectivity index (χ1v) is 9.79. The second kappa shape index (κ2) is 8.03. The van der Waals surface area contributed by atoms with Crippen LogP contribution in [0.2, 0.25) is 0 Å². The Bertz CT molecular complexity index is 760. The summed E-state index contributed by atoms with van der Waals surface area (Å²) in [5, 5.41) is 10.1. The Labute approximate surface area is 162 Å². The molecule has 144 valence electrons. The van der Waals surface area contributed by atoms with Crippen LogP contribution in [0.3, 0.4) is 0 Å². The smallest absolute Gasteiger partial charge is 0.318 e. The van der Waals surface area contributed by atoms with Crippen molar-refractivity contribution in [3.63, 3.8) is 0 Å². The lowest BCUT2D eigenvalue weighted by molar-refractivity contribution is -0.141. The minimum Gasteiger partial charge on any atom is -0.480 e. The maximum Gasteiger partial charge on any atom is 0.318 e. The van der Waals surface area contributed by atoms with Gasteiger partial charge in [0.15, 0.2) is 0 Å². The van der Waals surface area contributed by atoms with E-state index in [-0.39, 0.29) is 0 Å². The second-order valence-electron chi connectivity index (χ2n) is 7.82. The zero-order chi connectivity index (χ0) is 19.4. The number of nitrogens with zero attached hydrogens (tertiary/aromatic N) is 2. The highest BCUT2D eigenvalue weighted by atomic mass is 16.4. The Morgan fingerprint density at radius 3 is 1.81 bits per heavy atom. The van der Waals surface area contributed by atoms with Gasteiger partial charge in [0.25, 0.3) is 0 Å². The molecule has 0 radical (unpaired) electrons. The third kappa shape index (κ3) is 3.95. The normalized spacial score (nSPS) is 17.1. The molecule has 2 aromatic carbocycles. The van der Waals surface area contributed by atoms with Crippen molar-refractivity contribution >= 4 is 17.3 Å². The Balaban J connectivity index is 1.91. The van der Waals surface area contributed by atoms with Gasteiger partial charge in [-0.25, -0.2) is 0 Å². The third-order valence-corrected chi connectivity index (χ3v) is 5.80. The molecule has 0 amide bonds. The fourth-order valence-electron chi connectivity index (χ4n) is 3.84. The van der Waals surface area contributed by atoms with Crippen LogP contribution in [0.25, 0.3) is 0 Å². The number of carboxylic acids is 1. The van der Waals surface area contributed by atoms with Gasteiger partial charge in [0.2, 0.25) is 0 Å². The molecule has 1 aliphatic rings. The van der Waals surface area contributed by atoms with Gasteiger partial charge in [-0.15, -0.1) is 0 Å². The Hall–Kier alpha value is -2.49. The summed E-state index contributed by atoms with van der Waals surface area (Å²) in [5.74, 6) is -0.831. The van der Waals surface area contributed by atoms with E-state index >= 15 is 0 Å². The summed E-state index contributed by atoms with van der Waals surface area (Å²) in [6.07, 6.45) is 5.06. The molecular formula is C23H30N2O2. The zero-order valence-electron chi connectivity index (χ0n) is 16.6. The molecule has 0 spiro atoms. The van der Waals surface area contributed by atoms with Gasteiger partial charge in [-0.1, -0.05) is 37.1 Å². The first-order chi connectivity index (χ1) is 12.9. The van der Waals surface area contributed by atoms with Gasteiger partial charge in [0.1, 0.15) is 5.41 Å². The number of benzene rings is 2. The van der Waals surface area contributed by atoms with Crippen molar-refractivity contribution in [2.45, 2.75) is 38.0 Å². The molecule has 0 saturated carbocycles. The molecule has 1 heterocycles. The summed E-state index contributed by atoms with van der Waals surface area (Å²) in [4.78, 5) is 16.7. The van der Waals surface area contributed by atoms with Gasteiger partial charge < -0.3 is 14.9 Å². The van der Waals surface area contributed by atoms with E-state index in [4.69, 9.17) is 0 Å². The molecule has 4 nitrogen and oxygen atoms in total. The lowest BCUT2D eigenvalue weighted by atomic mass is 9.76. The maximum absolute atomic E-state index is 12.3. The average Bonchev–Trinajstić information content (AvgIpc) is 2.97. The van der Waals surface area contributed by atoms with Crippen LogP contribution < -0.4 is 9.80 Å². The molecule has 4 heteroatoms. The van der Waals surface area contributed by atoms with E-state index in [1.165, 1.54) is 31.4 Å². The van der Waals surface area contributed by atoms with Crippen LogP contribution in [0, 0.1) is 0 Å². The van der Waals surface area contributed by atoms with Crippen molar-refractivity contribution in [2.24, 2.45) is 0 Å². The van der Waals surface area contributed by atoms with E-state index in [0.29, 0.717) is 0 Å². The predicted octanol–water partition coefficient (Wildman–Crippen LogP) is 4.52. The molecule has 2 aromatic rings. The quantitative estimate of drug-likeness (QED) is 0.845. The fourth-order valence-corrected chi connectivity index (χ4v) is 3.84. The first kappa shape index (κ1) is 19.3. The SMILES string of the molecule is CN(C)c1ccc(C(C)(C(=O)O)c2ccc(N3CCCCCC3)cc2)cc1. The van der Waals surface area contributed by atoms with Crippen molar-refractivity contribution < 1.29 is 9.90 Å². The second-order valence-corrected chi connectivity index (χ2v) is 7.82. The standard InChI is InChI=1S/C23H30N2O2/c1-23(22(26)27,18-8-12-20(13-9-18)24(2)3)19-10-14-21(15-11-19)25-16-6-4-5-7-17-25/h8-15H,4-7,16-17H2,1-3H3,(H,26,27). The number of hydrogen-bond acceptors (Lipinski definition) is 3. The molecule has 1 atom stereocenters. The van der Waals surface area contributed by atoms with Crippen LogP contribution in [0.4, 0.5) is 11.4 Å². The van der Waals surface area contributed by atoms with Crippen molar-refractivity contribution in [1.82, 2.24) is 0 Å². The molecule has 27 heavy (non-hydrogen) atoms. The molecule has 3 rings (SSSR count). The summed E-state index contributed by atoms with van der Waals surface area (Å²) in [6.45, 7) is 3.96. The maximum atomic E-state index is 12.3. The van der Waals surface area contributed by atoms with Gasteiger partial charge in [-0.3, -0.25) is 4.79 Å². The van der Waals surface area contributed by atoms with Gasteiger partial charge in [-0.05, 0) is 55.2 Å². The van der Waals surface area contributed by atoms with Crippen LogP contribution in [-0.2, 0) is 10.2 Å². The summed E-state index contributed by atoms with van der Waals surface area (Å²) in [7, 11) is 3.96. The monoisotopic (exact) mass is 366 g/mol. The van der Waals surface area contributed by atoms with E-state index < -0.39 is 11.4 Å². The van der Waals surface area contributed by atoms with E-state index in [2.05, 4.69) is 17.0 Å². The van der Waals surface area contributed by atoms with Crippen molar-refractivity contribution in [3.05, 3.63) is 59.7 Å². The summed E-state index contributed by atoms with van der Waals surface area (Å²) >= 11 is 0. The van der Waals surface area contributed by atoms with Crippen molar-refractivity contribution in [2.75, 3.05) is 37.0 Å². The molecule has 1 aliphatic heterocycles. The van der Waals surface area contributed by atoms with Gasteiger partial charge in [0, 0.05) is 38.6 Å². The molecule has 0 aromatic heterocycles. The summed E-state index contributed by atoms with van der Waals surface area (Å²) in [5.41, 5.74) is 2.79. The van der Waals surface area contributed by atoms with E-state index in [1.807, 2.05) is 55.4 Å². The fraction of sp³-hybridized carbons (Fsp3) is 0.435. The van der Waals surface area contributed by atoms with E-state index in [9.17, 15) is 9.90 Å². The summed E-state index contributed by atoms with van der Waals surface area (Å²) < 4.78 is 0. The van der Waals surface area contributed by atoms with Crippen LogP contribution in [-0.4, -0.2) is 38.3 Å². The lowest BCUT2D eigenvalue weighted by Crippen LogP contribution is -2.34. The molecule has 1 fully saturated rings. The number of aliphatic carboxylic acids is 1. The zero-order valence-corrected chi connectivity index (χ0v) is 16.6. The molecule has 1 N–H and O–H groups in total. The van der Waals surface area contributed by atoms with Crippen LogP contribution in [0.15, 0.2) is 48.5 Å². The predicted molar refractivity (Wildman–Crippen MR) is 112 cm³/mol. The van der Waals surface area contributed by atoms with Crippen LogP contribution in [0.5, 0.6) is 0 Å². The highest BCUT2D eigenvalue weighted by Crippen LogP contribution is 2.34. The van der Waals surface area contributed by atoms with Gasteiger partial charge >= 0.3 is 5.97 Å². The van der Waals surface area contributed by atoms with E-state index in [1.54, 1.807) is 6.92 Å². The molecular weight excluding hydrogens is 336 g/mol. The lowest BCUT2D eigenvalue weighted by Gasteiger charge is -2.28. The average molecular weight is 367 g/mol.